The van der Waals surface area contributed by atoms with Gasteiger partial charge in [0.25, 0.3) is 0 Å². The summed E-state index contributed by atoms with van der Waals surface area (Å²) in [5, 5.41) is 0.886. The Balaban J connectivity index is 1.53. The largest absolute Gasteiger partial charge is 0.206 e. The molecule has 2 aliphatic rings. The van der Waals surface area contributed by atoms with E-state index < -0.39 is 5.82 Å². The minimum atomic E-state index is -0.406. The molecule has 0 nitrogen and oxygen atoms in total. The lowest BCUT2D eigenvalue weighted by molar-refractivity contribution is 0.113. The number of aryl methyl sites for hydroxylation is 1. The Morgan fingerprint density at radius 3 is 2.60 bits per heavy atom. The van der Waals surface area contributed by atoms with Gasteiger partial charge in [0.15, 0.2) is 0 Å². The van der Waals surface area contributed by atoms with Crippen molar-refractivity contribution in [2.75, 3.05) is 0 Å². The molecule has 30 heavy (non-hydrogen) atoms. The molecule has 4 unspecified atom stereocenters. The van der Waals surface area contributed by atoms with Crippen molar-refractivity contribution in [3.05, 3.63) is 59.2 Å². The molecule has 2 heteroatoms. The monoisotopic (exact) mass is 410 g/mol. The summed E-state index contributed by atoms with van der Waals surface area (Å²) in [7, 11) is 0. The van der Waals surface area contributed by atoms with E-state index in [9.17, 15) is 4.39 Å². The first kappa shape index (κ1) is 21.5. The highest BCUT2D eigenvalue weighted by molar-refractivity contribution is 5.85. The third-order valence-corrected chi connectivity index (χ3v) is 7.79. The SMILES string of the molecule is C/C=C/CCc1cc(F)c2c(F)c(C3CCC4CC(CCC)CCC4C3)ccc2c1. The Morgan fingerprint density at radius 1 is 1.00 bits per heavy atom. The predicted octanol–water partition coefficient (Wildman–Crippen LogP) is 8.73. The van der Waals surface area contributed by atoms with Crippen LogP contribution in [0, 0.1) is 29.4 Å². The van der Waals surface area contributed by atoms with E-state index in [0.717, 1.165) is 54.6 Å². The lowest BCUT2D eigenvalue weighted by Crippen LogP contribution is -2.30. The maximum absolute atomic E-state index is 15.5. The van der Waals surface area contributed by atoms with Gasteiger partial charge in [0, 0.05) is 0 Å². The molecule has 2 saturated carbocycles. The molecule has 0 N–H and O–H groups in total. The molecule has 2 aromatic carbocycles. The molecule has 0 aliphatic heterocycles. The summed E-state index contributed by atoms with van der Waals surface area (Å²) in [5.74, 6) is 1.98. The summed E-state index contributed by atoms with van der Waals surface area (Å²) in [6.45, 7) is 4.28. The van der Waals surface area contributed by atoms with Crippen molar-refractivity contribution in [3.8, 4) is 0 Å². The molecule has 0 aromatic heterocycles. The van der Waals surface area contributed by atoms with Crippen LogP contribution in [0.2, 0.25) is 0 Å². The Morgan fingerprint density at radius 2 is 1.80 bits per heavy atom. The Labute approximate surface area is 180 Å². The maximum atomic E-state index is 15.5. The molecular formula is C28H36F2. The number of hydrogen-bond acceptors (Lipinski definition) is 0. The van der Waals surface area contributed by atoms with Crippen molar-refractivity contribution in [3.63, 3.8) is 0 Å². The molecule has 0 heterocycles. The predicted molar refractivity (Wildman–Crippen MR) is 123 cm³/mol. The molecule has 4 atom stereocenters. The van der Waals surface area contributed by atoms with E-state index in [1.54, 1.807) is 0 Å². The van der Waals surface area contributed by atoms with Crippen LogP contribution in [0.25, 0.3) is 10.8 Å². The first-order valence-corrected chi connectivity index (χ1v) is 12.1. The zero-order valence-corrected chi connectivity index (χ0v) is 18.6. The van der Waals surface area contributed by atoms with E-state index >= 15 is 4.39 Å². The number of benzene rings is 2. The molecule has 0 saturated heterocycles. The maximum Gasteiger partial charge on any atom is 0.137 e. The van der Waals surface area contributed by atoms with Gasteiger partial charge < -0.3 is 0 Å². The molecule has 2 aromatic rings. The number of allylic oxidation sites excluding steroid dienone is 2. The molecule has 2 aliphatic carbocycles. The summed E-state index contributed by atoms with van der Waals surface area (Å²) in [6, 6.07) is 7.38. The van der Waals surface area contributed by atoms with Crippen LogP contribution in [0.4, 0.5) is 8.78 Å². The fraction of sp³-hybridized carbons (Fsp3) is 0.571. The van der Waals surface area contributed by atoms with Gasteiger partial charge in [-0.3, -0.25) is 0 Å². The van der Waals surface area contributed by atoms with Gasteiger partial charge in [-0.2, -0.15) is 0 Å². The summed E-state index contributed by atoms with van der Waals surface area (Å²) in [6.07, 6.45) is 15.7. The highest BCUT2D eigenvalue weighted by atomic mass is 19.1. The number of fused-ring (bicyclic) bond motifs is 2. The molecule has 0 spiro atoms. The van der Waals surface area contributed by atoms with E-state index in [-0.39, 0.29) is 17.1 Å². The first-order chi connectivity index (χ1) is 14.6. The molecule has 0 bridgehead atoms. The van der Waals surface area contributed by atoms with Gasteiger partial charge in [0.2, 0.25) is 0 Å². The Bertz CT molecular complexity index is 897. The molecule has 0 radical (unpaired) electrons. The van der Waals surface area contributed by atoms with Crippen LogP contribution in [0.5, 0.6) is 0 Å². The van der Waals surface area contributed by atoms with Gasteiger partial charge in [0.1, 0.15) is 11.6 Å². The van der Waals surface area contributed by atoms with Gasteiger partial charge in [-0.25, -0.2) is 8.78 Å². The normalized spacial score (nSPS) is 26.9. The molecule has 0 amide bonds. The van der Waals surface area contributed by atoms with Crippen molar-refractivity contribution in [1.82, 2.24) is 0 Å². The second-order valence-corrected chi connectivity index (χ2v) is 9.75. The quantitative estimate of drug-likeness (QED) is 0.418. The van der Waals surface area contributed by atoms with Crippen molar-refractivity contribution in [2.24, 2.45) is 17.8 Å². The van der Waals surface area contributed by atoms with Crippen LogP contribution in [0.3, 0.4) is 0 Å². The standard InChI is InChI=1S/C28H36F2/c1-3-5-6-8-20-16-24-13-14-25(28(30)27(24)26(29)17-20)23-12-11-21-15-19(7-4-2)9-10-22(21)18-23/h3,5,13-14,16-17,19,21-23H,4,6-12,15,18H2,1-2H3/b5-3+. The van der Waals surface area contributed by atoms with Gasteiger partial charge in [-0.1, -0.05) is 56.5 Å². The first-order valence-electron chi connectivity index (χ1n) is 12.1. The van der Waals surface area contributed by atoms with Crippen LogP contribution in [0.1, 0.15) is 88.7 Å². The van der Waals surface area contributed by atoms with Gasteiger partial charge in [0.05, 0.1) is 5.39 Å². The van der Waals surface area contributed by atoms with Crippen molar-refractivity contribution in [2.45, 2.75) is 84.0 Å². The average molecular weight is 411 g/mol. The topological polar surface area (TPSA) is 0 Å². The number of hydrogen-bond donors (Lipinski definition) is 0. The van der Waals surface area contributed by atoms with E-state index in [1.807, 2.05) is 31.2 Å². The fourth-order valence-corrected chi connectivity index (χ4v) is 6.26. The van der Waals surface area contributed by atoms with Gasteiger partial charge in [-0.15, -0.1) is 0 Å². The summed E-state index contributed by atoms with van der Waals surface area (Å²) < 4.78 is 30.4. The van der Waals surface area contributed by atoms with Crippen LogP contribution >= 0.6 is 0 Å². The molecule has 2 fully saturated rings. The third kappa shape index (κ3) is 4.48. The zero-order valence-electron chi connectivity index (χ0n) is 18.6. The lowest BCUT2D eigenvalue weighted by atomic mass is 9.63. The third-order valence-electron chi connectivity index (χ3n) is 7.79. The van der Waals surface area contributed by atoms with E-state index in [2.05, 4.69) is 13.0 Å². The second-order valence-electron chi connectivity index (χ2n) is 9.75. The van der Waals surface area contributed by atoms with Crippen molar-refractivity contribution in [1.29, 1.82) is 0 Å². The Hall–Kier alpha value is -1.70. The molecular weight excluding hydrogens is 374 g/mol. The van der Waals surface area contributed by atoms with E-state index in [0.29, 0.717) is 5.39 Å². The molecule has 4 rings (SSSR count). The zero-order chi connectivity index (χ0) is 21.1. The average Bonchev–Trinajstić information content (AvgIpc) is 2.74. The smallest absolute Gasteiger partial charge is 0.137 e. The minimum Gasteiger partial charge on any atom is -0.206 e. The van der Waals surface area contributed by atoms with Crippen LogP contribution in [-0.4, -0.2) is 0 Å². The Kier molecular flexibility index (Phi) is 6.91. The van der Waals surface area contributed by atoms with Crippen LogP contribution in [-0.2, 0) is 6.42 Å². The number of halogens is 2. The van der Waals surface area contributed by atoms with E-state index in [1.165, 1.54) is 44.6 Å². The van der Waals surface area contributed by atoms with Crippen molar-refractivity contribution < 1.29 is 8.78 Å². The lowest BCUT2D eigenvalue weighted by Gasteiger charge is -2.42. The van der Waals surface area contributed by atoms with E-state index in [4.69, 9.17) is 0 Å². The highest BCUT2D eigenvalue weighted by Gasteiger charge is 2.36. The second kappa shape index (κ2) is 9.62. The summed E-state index contributed by atoms with van der Waals surface area (Å²) in [5.41, 5.74) is 1.69. The summed E-state index contributed by atoms with van der Waals surface area (Å²) >= 11 is 0. The van der Waals surface area contributed by atoms with Crippen molar-refractivity contribution >= 4 is 10.8 Å². The van der Waals surface area contributed by atoms with Gasteiger partial charge >= 0.3 is 0 Å². The van der Waals surface area contributed by atoms with Crippen LogP contribution in [0.15, 0.2) is 36.4 Å². The highest BCUT2D eigenvalue weighted by Crippen LogP contribution is 2.49. The minimum absolute atomic E-state index is 0.191. The summed E-state index contributed by atoms with van der Waals surface area (Å²) in [4.78, 5) is 0. The van der Waals surface area contributed by atoms with Crippen LogP contribution < -0.4 is 0 Å². The fourth-order valence-electron chi connectivity index (χ4n) is 6.26. The molecule has 162 valence electrons. The van der Waals surface area contributed by atoms with Gasteiger partial charge in [-0.05, 0) is 98.1 Å². The number of rotatable bonds is 6.